The molecule has 0 aliphatic rings. The number of benzene rings is 1. The van der Waals surface area contributed by atoms with E-state index in [0.29, 0.717) is 22.6 Å². The van der Waals surface area contributed by atoms with E-state index in [1.54, 1.807) is 34.9 Å². The van der Waals surface area contributed by atoms with Crippen LogP contribution >= 0.6 is 0 Å². The fraction of sp³-hybridized carbons (Fsp3) is 0.133. The average Bonchev–Trinajstić information content (AvgIpc) is 2.92. The number of fused-ring (bicyclic) bond motifs is 1. The number of aromatic nitrogens is 3. The number of rotatable bonds is 2. The normalized spacial score (nSPS) is 10.8. The SMILES string of the molecule is COC(=O)c1ccc2nnc(-c3ccc(C)c(O)c3)n2c1. The second kappa shape index (κ2) is 4.90. The lowest BCUT2D eigenvalue weighted by Gasteiger charge is -2.04. The number of nitrogens with zero attached hydrogens (tertiary/aromatic N) is 3. The van der Waals surface area contributed by atoms with Crippen LogP contribution in [0, 0.1) is 6.92 Å². The highest BCUT2D eigenvalue weighted by Gasteiger charge is 2.12. The molecule has 3 rings (SSSR count). The third kappa shape index (κ3) is 2.20. The van der Waals surface area contributed by atoms with E-state index in [2.05, 4.69) is 10.2 Å². The third-order valence-electron chi connectivity index (χ3n) is 3.29. The number of carbonyl (C=O) groups excluding carboxylic acids is 1. The molecule has 6 nitrogen and oxygen atoms in total. The smallest absolute Gasteiger partial charge is 0.339 e. The van der Waals surface area contributed by atoms with Crippen molar-refractivity contribution < 1.29 is 14.6 Å². The molecule has 1 N–H and O–H groups in total. The van der Waals surface area contributed by atoms with Crippen molar-refractivity contribution in [1.82, 2.24) is 14.6 Å². The Kier molecular flexibility index (Phi) is 3.06. The Morgan fingerprint density at radius 2 is 2.05 bits per heavy atom. The topological polar surface area (TPSA) is 76.7 Å². The van der Waals surface area contributed by atoms with Gasteiger partial charge in [0, 0.05) is 11.8 Å². The number of aryl methyl sites for hydroxylation is 1. The van der Waals surface area contributed by atoms with Crippen LogP contribution in [0.15, 0.2) is 36.5 Å². The number of phenolic OH excluding ortho intramolecular Hbond substituents is 1. The molecule has 2 aromatic heterocycles. The highest BCUT2D eigenvalue weighted by Crippen LogP contribution is 2.25. The van der Waals surface area contributed by atoms with E-state index in [-0.39, 0.29) is 5.75 Å². The maximum absolute atomic E-state index is 11.6. The van der Waals surface area contributed by atoms with Crippen LogP contribution in [-0.4, -0.2) is 32.8 Å². The van der Waals surface area contributed by atoms with Gasteiger partial charge in [-0.2, -0.15) is 0 Å². The monoisotopic (exact) mass is 283 g/mol. The number of aromatic hydroxyl groups is 1. The van der Waals surface area contributed by atoms with Gasteiger partial charge in [-0.05, 0) is 30.7 Å². The zero-order chi connectivity index (χ0) is 15.0. The van der Waals surface area contributed by atoms with E-state index in [9.17, 15) is 9.90 Å². The Bertz CT molecular complexity index is 839. The first-order chi connectivity index (χ1) is 10.1. The Labute approximate surface area is 120 Å². The van der Waals surface area contributed by atoms with Gasteiger partial charge in [0.1, 0.15) is 5.75 Å². The number of esters is 1. The van der Waals surface area contributed by atoms with Crippen molar-refractivity contribution in [2.24, 2.45) is 0 Å². The molecule has 1 aromatic carbocycles. The van der Waals surface area contributed by atoms with E-state index in [4.69, 9.17) is 4.74 Å². The van der Waals surface area contributed by atoms with Gasteiger partial charge < -0.3 is 9.84 Å². The highest BCUT2D eigenvalue weighted by atomic mass is 16.5. The summed E-state index contributed by atoms with van der Waals surface area (Å²) in [6.07, 6.45) is 1.62. The molecule has 0 atom stereocenters. The zero-order valence-corrected chi connectivity index (χ0v) is 11.6. The third-order valence-corrected chi connectivity index (χ3v) is 3.29. The van der Waals surface area contributed by atoms with Crippen LogP contribution in [0.25, 0.3) is 17.0 Å². The summed E-state index contributed by atoms with van der Waals surface area (Å²) in [6, 6.07) is 8.59. The van der Waals surface area contributed by atoms with Crippen LogP contribution in [0.3, 0.4) is 0 Å². The number of ether oxygens (including phenoxy) is 1. The molecule has 3 aromatic rings. The molecular formula is C15H13N3O3. The second-order valence-electron chi connectivity index (χ2n) is 4.66. The molecule has 0 amide bonds. The molecule has 0 unspecified atom stereocenters. The summed E-state index contributed by atoms with van der Waals surface area (Å²) in [5, 5.41) is 18.0. The molecule has 2 heterocycles. The largest absolute Gasteiger partial charge is 0.508 e. The number of carbonyl (C=O) groups is 1. The predicted octanol–water partition coefficient (Wildman–Crippen LogP) is 2.20. The number of methoxy groups -OCH3 is 1. The minimum absolute atomic E-state index is 0.188. The highest BCUT2D eigenvalue weighted by molar-refractivity contribution is 5.89. The van der Waals surface area contributed by atoms with Gasteiger partial charge >= 0.3 is 5.97 Å². The van der Waals surface area contributed by atoms with E-state index < -0.39 is 5.97 Å². The van der Waals surface area contributed by atoms with Gasteiger partial charge in [0.05, 0.1) is 12.7 Å². The van der Waals surface area contributed by atoms with Crippen molar-refractivity contribution in [3.05, 3.63) is 47.7 Å². The van der Waals surface area contributed by atoms with Gasteiger partial charge in [-0.3, -0.25) is 4.40 Å². The molecule has 0 fully saturated rings. The Balaban J connectivity index is 2.18. The molecular weight excluding hydrogens is 270 g/mol. The second-order valence-corrected chi connectivity index (χ2v) is 4.66. The van der Waals surface area contributed by atoms with Crippen LogP contribution < -0.4 is 0 Å². The summed E-state index contributed by atoms with van der Waals surface area (Å²) < 4.78 is 6.40. The van der Waals surface area contributed by atoms with Crippen LogP contribution in [0.2, 0.25) is 0 Å². The molecule has 0 radical (unpaired) electrons. The van der Waals surface area contributed by atoms with Gasteiger partial charge in [-0.25, -0.2) is 4.79 Å². The van der Waals surface area contributed by atoms with Crippen LogP contribution in [-0.2, 0) is 4.74 Å². The maximum atomic E-state index is 11.6. The first kappa shape index (κ1) is 13.1. The van der Waals surface area contributed by atoms with Crippen molar-refractivity contribution in [2.75, 3.05) is 7.11 Å². The van der Waals surface area contributed by atoms with Crippen molar-refractivity contribution in [3.63, 3.8) is 0 Å². The first-order valence-electron chi connectivity index (χ1n) is 6.33. The maximum Gasteiger partial charge on any atom is 0.339 e. The average molecular weight is 283 g/mol. The summed E-state index contributed by atoms with van der Waals surface area (Å²) >= 11 is 0. The number of pyridine rings is 1. The van der Waals surface area contributed by atoms with Crippen LogP contribution in [0.5, 0.6) is 5.75 Å². The van der Waals surface area contributed by atoms with Gasteiger partial charge in [0.2, 0.25) is 0 Å². The van der Waals surface area contributed by atoms with Gasteiger partial charge in [0.15, 0.2) is 11.5 Å². The standard InChI is InChI=1S/C15H13N3O3/c1-9-3-4-10(7-12(9)19)14-17-16-13-6-5-11(8-18(13)14)15(20)21-2/h3-8,19H,1-2H3. The quantitative estimate of drug-likeness (QED) is 0.729. The van der Waals surface area contributed by atoms with Crippen molar-refractivity contribution in [3.8, 4) is 17.1 Å². The van der Waals surface area contributed by atoms with E-state index in [1.807, 2.05) is 13.0 Å². The van der Waals surface area contributed by atoms with E-state index in [0.717, 1.165) is 5.56 Å². The van der Waals surface area contributed by atoms with E-state index in [1.165, 1.54) is 7.11 Å². The van der Waals surface area contributed by atoms with Gasteiger partial charge in [-0.15, -0.1) is 10.2 Å². The number of hydrogen-bond donors (Lipinski definition) is 1. The zero-order valence-electron chi connectivity index (χ0n) is 11.6. The van der Waals surface area contributed by atoms with Crippen LogP contribution in [0.1, 0.15) is 15.9 Å². The van der Waals surface area contributed by atoms with E-state index >= 15 is 0 Å². The number of hydrogen-bond acceptors (Lipinski definition) is 5. The lowest BCUT2D eigenvalue weighted by Crippen LogP contribution is -2.03. The Hall–Kier alpha value is -2.89. The van der Waals surface area contributed by atoms with Gasteiger partial charge in [0.25, 0.3) is 0 Å². The fourth-order valence-electron chi connectivity index (χ4n) is 2.07. The summed E-state index contributed by atoms with van der Waals surface area (Å²) in [5.41, 5.74) is 2.51. The summed E-state index contributed by atoms with van der Waals surface area (Å²) in [6.45, 7) is 1.82. The summed E-state index contributed by atoms with van der Waals surface area (Å²) in [5.74, 6) is 0.308. The molecule has 0 spiro atoms. The lowest BCUT2D eigenvalue weighted by atomic mass is 10.1. The molecule has 6 heteroatoms. The fourth-order valence-corrected chi connectivity index (χ4v) is 2.07. The molecule has 0 saturated heterocycles. The summed E-state index contributed by atoms with van der Waals surface area (Å²) in [7, 11) is 1.33. The minimum atomic E-state index is -0.427. The lowest BCUT2D eigenvalue weighted by molar-refractivity contribution is 0.0600. The molecule has 0 bridgehead atoms. The molecule has 0 aliphatic heterocycles. The summed E-state index contributed by atoms with van der Waals surface area (Å²) in [4.78, 5) is 11.6. The predicted molar refractivity (Wildman–Crippen MR) is 76.2 cm³/mol. The number of phenols is 1. The van der Waals surface area contributed by atoms with Crippen molar-refractivity contribution in [1.29, 1.82) is 0 Å². The van der Waals surface area contributed by atoms with Crippen molar-refractivity contribution in [2.45, 2.75) is 6.92 Å². The van der Waals surface area contributed by atoms with Crippen molar-refractivity contribution >= 4 is 11.6 Å². The molecule has 21 heavy (non-hydrogen) atoms. The Morgan fingerprint density at radius 1 is 1.24 bits per heavy atom. The van der Waals surface area contributed by atoms with Gasteiger partial charge in [-0.1, -0.05) is 12.1 Å². The molecule has 0 aliphatic carbocycles. The molecule has 106 valence electrons. The minimum Gasteiger partial charge on any atom is -0.508 e. The molecule has 0 saturated carbocycles. The van der Waals surface area contributed by atoms with Crippen LogP contribution in [0.4, 0.5) is 0 Å². The Morgan fingerprint density at radius 3 is 2.76 bits per heavy atom. The first-order valence-corrected chi connectivity index (χ1v) is 6.33.